The van der Waals surface area contributed by atoms with Gasteiger partial charge in [-0.15, -0.1) is 13.2 Å². The molecule has 0 atom stereocenters. The molecule has 0 aromatic heterocycles. The fourth-order valence-corrected chi connectivity index (χ4v) is 3.24. The molecule has 148 valence electrons. The molecule has 2 aromatic carbocycles. The Hall–Kier alpha value is -2.71. The Balaban J connectivity index is 1.86. The number of ketones is 2. The Bertz CT molecular complexity index is 895. The number of nitrogens with zero attached hydrogens (tertiary/aromatic N) is 1. The minimum Gasteiger partial charge on any atom is -0.405 e. The average molecular weight is 393 g/mol. The molecule has 1 N–H and O–H groups in total. The minimum absolute atomic E-state index is 0.0678. The highest BCUT2D eigenvalue weighted by molar-refractivity contribution is 5.97. The first kappa shape index (κ1) is 20.0. The van der Waals surface area contributed by atoms with Crippen molar-refractivity contribution in [1.29, 1.82) is 0 Å². The molecule has 0 bridgehead atoms. The topological polar surface area (TPSA) is 66.8 Å². The Morgan fingerprint density at radius 1 is 1.11 bits per heavy atom. The normalized spacial score (nSPS) is 15.1. The van der Waals surface area contributed by atoms with Crippen molar-refractivity contribution in [3.8, 4) is 5.75 Å². The van der Waals surface area contributed by atoms with Gasteiger partial charge in [-0.2, -0.15) is 0 Å². The van der Waals surface area contributed by atoms with E-state index in [2.05, 4.69) is 4.74 Å². The van der Waals surface area contributed by atoms with Crippen LogP contribution < -0.4 is 4.74 Å². The molecular formula is C20H18F3NO4. The lowest BCUT2D eigenvalue weighted by molar-refractivity contribution is -0.275. The third-order valence-corrected chi connectivity index (χ3v) is 4.45. The van der Waals surface area contributed by atoms with Gasteiger partial charge in [0.05, 0.1) is 6.54 Å². The Morgan fingerprint density at radius 2 is 1.86 bits per heavy atom. The van der Waals surface area contributed by atoms with Gasteiger partial charge in [0.2, 0.25) is 0 Å². The van der Waals surface area contributed by atoms with Crippen LogP contribution in [0.2, 0.25) is 0 Å². The van der Waals surface area contributed by atoms with Crippen molar-refractivity contribution >= 4 is 11.6 Å². The molecule has 3 rings (SSSR count). The van der Waals surface area contributed by atoms with E-state index in [4.69, 9.17) is 5.11 Å². The van der Waals surface area contributed by atoms with E-state index < -0.39 is 18.8 Å². The number of rotatable bonds is 5. The molecule has 0 unspecified atom stereocenters. The first-order valence-electron chi connectivity index (χ1n) is 8.59. The number of Topliss-reactive ketones (excluding diaryl/α,β-unsaturated/α-hetero) is 2. The highest BCUT2D eigenvalue weighted by Crippen LogP contribution is 2.28. The number of carbonyl (C=O) groups is 2. The third kappa shape index (κ3) is 4.96. The van der Waals surface area contributed by atoms with Crippen LogP contribution >= 0.6 is 0 Å². The quantitative estimate of drug-likeness (QED) is 0.792. The molecule has 5 nitrogen and oxygen atoms in total. The number of para-hydroxylation sites is 1. The predicted molar refractivity (Wildman–Crippen MR) is 93.8 cm³/mol. The first-order valence-corrected chi connectivity index (χ1v) is 8.59. The summed E-state index contributed by atoms with van der Waals surface area (Å²) in [7, 11) is 0. The summed E-state index contributed by atoms with van der Waals surface area (Å²) in [5, 5.41) is 9.04. The summed E-state index contributed by atoms with van der Waals surface area (Å²) in [5.41, 5.74) is 2.14. The highest BCUT2D eigenvalue weighted by Gasteiger charge is 2.32. The van der Waals surface area contributed by atoms with Crippen LogP contribution in [0.1, 0.15) is 27.0 Å². The van der Waals surface area contributed by atoms with Crippen molar-refractivity contribution in [3.63, 3.8) is 0 Å². The van der Waals surface area contributed by atoms with Gasteiger partial charge in [-0.05, 0) is 23.3 Å². The summed E-state index contributed by atoms with van der Waals surface area (Å²) in [6, 6.07) is 10.7. The van der Waals surface area contributed by atoms with Crippen LogP contribution in [-0.4, -0.2) is 41.1 Å². The van der Waals surface area contributed by atoms with Crippen molar-refractivity contribution in [2.24, 2.45) is 0 Å². The number of alkyl halides is 3. The van der Waals surface area contributed by atoms with E-state index in [-0.39, 0.29) is 37.6 Å². The number of halogens is 3. The molecule has 0 radical (unpaired) electrons. The average Bonchev–Trinajstić information content (AvgIpc) is 2.78. The fraction of sp³-hybridized carbons (Fsp3) is 0.300. The lowest BCUT2D eigenvalue weighted by Crippen LogP contribution is -2.28. The van der Waals surface area contributed by atoms with E-state index in [1.54, 1.807) is 29.2 Å². The molecular weight excluding hydrogens is 375 g/mol. The van der Waals surface area contributed by atoms with E-state index in [1.807, 2.05) is 0 Å². The van der Waals surface area contributed by atoms with Gasteiger partial charge < -0.3 is 9.84 Å². The number of ether oxygens (including phenoxy) is 1. The maximum atomic E-state index is 12.6. The van der Waals surface area contributed by atoms with Crippen molar-refractivity contribution in [2.75, 3.05) is 13.2 Å². The van der Waals surface area contributed by atoms with Gasteiger partial charge in [0.15, 0.2) is 11.6 Å². The monoisotopic (exact) mass is 393 g/mol. The SMILES string of the molecule is O=C1Cc2ccc(C(=O)CO)cc2CN(Cc2ccccc2OC(F)(F)F)C1. The maximum absolute atomic E-state index is 12.6. The summed E-state index contributed by atoms with van der Waals surface area (Å²) >= 11 is 0. The number of hydrogen-bond acceptors (Lipinski definition) is 5. The molecule has 0 spiro atoms. The number of benzene rings is 2. The second-order valence-electron chi connectivity index (χ2n) is 6.58. The van der Waals surface area contributed by atoms with E-state index in [9.17, 15) is 22.8 Å². The van der Waals surface area contributed by atoms with Gasteiger partial charge in [0.1, 0.15) is 12.4 Å². The zero-order valence-corrected chi connectivity index (χ0v) is 14.8. The molecule has 0 saturated heterocycles. The third-order valence-electron chi connectivity index (χ3n) is 4.45. The van der Waals surface area contributed by atoms with Gasteiger partial charge in [0.25, 0.3) is 0 Å². The first-order chi connectivity index (χ1) is 13.2. The smallest absolute Gasteiger partial charge is 0.405 e. The van der Waals surface area contributed by atoms with Gasteiger partial charge in [-0.3, -0.25) is 14.5 Å². The number of aliphatic hydroxyl groups excluding tert-OH is 1. The fourth-order valence-electron chi connectivity index (χ4n) is 3.24. The van der Waals surface area contributed by atoms with Crippen LogP contribution in [0.5, 0.6) is 5.75 Å². The van der Waals surface area contributed by atoms with E-state index in [0.29, 0.717) is 11.1 Å². The largest absolute Gasteiger partial charge is 0.573 e. The molecule has 0 amide bonds. The number of fused-ring (bicyclic) bond motifs is 1. The van der Waals surface area contributed by atoms with Crippen molar-refractivity contribution in [1.82, 2.24) is 4.90 Å². The summed E-state index contributed by atoms with van der Waals surface area (Å²) in [6.45, 7) is -0.189. The lowest BCUT2D eigenvalue weighted by Gasteiger charge is -2.22. The summed E-state index contributed by atoms with van der Waals surface area (Å²) in [5.74, 6) is -0.820. The zero-order valence-electron chi connectivity index (χ0n) is 14.8. The second kappa shape index (κ2) is 8.12. The van der Waals surface area contributed by atoms with E-state index in [1.165, 1.54) is 18.2 Å². The molecule has 1 heterocycles. The molecule has 1 aliphatic rings. The molecule has 2 aromatic rings. The standard InChI is InChI=1S/C20H18F3NO4/c21-20(22,23)28-19-4-2-1-3-15(19)9-24-10-16-7-14(18(27)12-25)6-5-13(16)8-17(26)11-24/h1-7,25H,8-12H2. The Labute approximate surface area is 159 Å². The molecule has 0 fully saturated rings. The molecule has 8 heteroatoms. The van der Waals surface area contributed by atoms with Gasteiger partial charge in [-0.1, -0.05) is 30.3 Å². The van der Waals surface area contributed by atoms with Crippen LogP contribution in [0.3, 0.4) is 0 Å². The highest BCUT2D eigenvalue weighted by atomic mass is 19.4. The van der Waals surface area contributed by atoms with Gasteiger partial charge >= 0.3 is 6.36 Å². The van der Waals surface area contributed by atoms with Gasteiger partial charge in [-0.25, -0.2) is 0 Å². The Morgan fingerprint density at radius 3 is 2.57 bits per heavy atom. The van der Waals surface area contributed by atoms with Crippen molar-refractivity contribution in [2.45, 2.75) is 25.9 Å². The summed E-state index contributed by atoms with van der Waals surface area (Å²) in [6.07, 6.45) is -4.63. The number of aliphatic hydroxyl groups is 1. The van der Waals surface area contributed by atoms with Crippen LogP contribution in [-0.2, 0) is 24.3 Å². The van der Waals surface area contributed by atoms with Crippen LogP contribution in [0.15, 0.2) is 42.5 Å². The zero-order chi connectivity index (χ0) is 20.3. The maximum Gasteiger partial charge on any atom is 0.573 e. The van der Waals surface area contributed by atoms with Gasteiger partial charge in [0, 0.05) is 30.6 Å². The molecule has 1 aliphatic heterocycles. The van der Waals surface area contributed by atoms with Crippen LogP contribution in [0.4, 0.5) is 13.2 Å². The molecule has 0 aliphatic carbocycles. The summed E-state index contributed by atoms with van der Waals surface area (Å²) in [4.78, 5) is 25.7. The minimum atomic E-state index is -4.81. The molecule has 0 saturated carbocycles. The number of hydrogen-bond donors (Lipinski definition) is 1. The van der Waals surface area contributed by atoms with Crippen LogP contribution in [0, 0.1) is 0 Å². The van der Waals surface area contributed by atoms with E-state index >= 15 is 0 Å². The summed E-state index contributed by atoms with van der Waals surface area (Å²) < 4.78 is 42.0. The van der Waals surface area contributed by atoms with Crippen LogP contribution in [0.25, 0.3) is 0 Å². The molecule has 28 heavy (non-hydrogen) atoms. The van der Waals surface area contributed by atoms with E-state index in [0.717, 1.165) is 11.1 Å². The Kier molecular flexibility index (Phi) is 5.81. The van der Waals surface area contributed by atoms with Crippen molar-refractivity contribution in [3.05, 3.63) is 64.7 Å². The lowest BCUT2D eigenvalue weighted by atomic mass is 9.99. The van der Waals surface area contributed by atoms with Crippen molar-refractivity contribution < 1.29 is 32.6 Å². The predicted octanol–water partition coefficient (Wildman–Crippen LogP) is 2.89. The second-order valence-corrected chi connectivity index (χ2v) is 6.58. The number of carbonyl (C=O) groups excluding carboxylic acids is 2.